The topological polar surface area (TPSA) is 81.4 Å². The van der Waals surface area contributed by atoms with Crippen molar-refractivity contribution in [2.75, 3.05) is 0 Å². The molecule has 1 aromatic carbocycles. The van der Waals surface area contributed by atoms with Crippen molar-refractivity contribution in [3.63, 3.8) is 0 Å². The molecule has 2 aromatic heterocycles. The molecule has 2 aliphatic heterocycles. The summed E-state index contributed by atoms with van der Waals surface area (Å²) in [6.07, 6.45) is -1.44. The number of cyclic esters (lactones) is 1. The molecule has 2 aliphatic rings. The fourth-order valence-corrected chi connectivity index (χ4v) is 4.83. The minimum Gasteiger partial charge on any atom is -0.458 e. The van der Waals surface area contributed by atoms with Crippen LogP contribution in [-0.4, -0.2) is 20.6 Å². The molecule has 0 aliphatic carbocycles. The highest BCUT2D eigenvalue weighted by Crippen LogP contribution is 2.38. The van der Waals surface area contributed by atoms with Crippen LogP contribution in [0.2, 0.25) is 0 Å². The highest BCUT2D eigenvalue weighted by Gasteiger charge is 2.34. The van der Waals surface area contributed by atoms with Crippen molar-refractivity contribution in [1.82, 2.24) is 9.55 Å². The summed E-state index contributed by atoms with van der Waals surface area (Å²) in [5.41, 5.74) is 4.59. The second kappa shape index (κ2) is 7.66. The number of nitrogens with zero attached hydrogens (tertiary/aromatic N) is 2. The summed E-state index contributed by atoms with van der Waals surface area (Å²) in [5, 5.41) is 11.8. The molecule has 0 saturated heterocycles. The number of carbonyl (C=O) groups excluding carboxylic acids is 1. The fraction of sp³-hybridized carbons (Fsp3) is 0.286. The third kappa shape index (κ3) is 3.05. The summed E-state index contributed by atoms with van der Waals surface area (Å²) in [4.78, 5) is 29.5. The van der Waals surface area contributed by atoms with Crippen LogP contribution in [0.15, 0.2) is 33.5 Å². The van der Waals surface area contributed by atoms with Crippen molar-refractivity contribution in [2.24, 2.45) is 0 Å². The monoisotopic (exact) mass is 520 g/mol. The third-order valence-corrected chi connectivity index (χ3v) is 6.22. The zero-order chi connectivity index (χ0) is 20.9. The first-order valence-electron chi connectivity index (χ1n) is 9.28. The lowest BCUT2D eigenvalue weighted by molar-refractivity contribution is -0.157. The van der Waals surface area contributed by atoms with E-state index in [1.807, 2.05) is 32.0 Å². The maximum Gasteiger partial charge on any atom is 0.340 e. The molecule has 0 fully saturated rings. The molecule has 1 unspecified atom stereocenters. The number of ether oxygens (including phenoxy) is 1. The number of rotatable bonds is 1. The largest absolute Gasteiger partial charge is 0.458 e. The van der Waals surface area contributed by atoms with Crippen LogP contribution >= 0.6 is 31.9 Å². The predicted molar refractivity (Wildman–Crippen MR) is 117 cm³/mol. The van der Waals surface area contributed by atoms with E-state index >= 15 is 0 Å². The van der Waals surface area contributed by atoms with Gasteiger partial charge in [-0.1, -0.05) is 45.7 Å². The summed E-state index contributed by atoms with van der Waals surface area (Å²) < 4.78 is 7.53. The molecule has 3 aromatic rings. The fourth-order valence-electron chi connectivity index (χ4n) is 3.83. The Morgan fingerprint density at radius 1 is 1.24 bits per heavy atom. The van der Waals surface area contributed by atoms with E-state index in [4.69, 9.17) is 9.72 Å². The van der Waals surface area contributed by atoms with Crippen molar-refractivity contribution in [1.29, 1.82) is 0 Å². The van der Waals surface area contributed by atoms with Gasteiger partial charge in [-0.15, -0.1) is 0 Å². The van der Waals surface area contributed by atoms with Crippen molar-refractivity contribution in [3.8, 4) is 11.4 Å². The Bertz CT molecular complexity index is 1220. The molecule has 150 valence electrons. The standard InChI is InChI=1S/C19H12Br2N2O4.C2H6/c20-5-11-9-3-8(21)1-2-14(9)22-16-12(11)6-23-15(16)4-10-13(18(23)25)7-27-19(26)17(10)24;1-2/h1-4,17,24H,5-7H2;1-2H3. The Kier molecular flexibility index (Phi) is 5.35. The SMILES string of the molecule is CC.O=C1OCc2c(cc3n(c2=O)Cc2c-3nc3ccc(Br)cc3c2CBr)C1O. The lowest BCUT2D eigenvalue weighted by Gasteiger charge is -2.21. The molecule has 0 spiro atoms. The molecule has 4 heterocycles. The minimum atomic E-state index is -1.44. The number of carbonyl (C=O) groups is 1. The maximum absolute atomic E-state index is 13.0. The number of aliphatic hydroxyl groups is 1. The average molecular weight is 522 g/mol. The van der Waals surface area contributed by atoms with Crippen molar-refractivity contribution < 1.29 is 14.6 Å². The molecule has 5 rings (SSSR count). The summed E-state index contributed by atoms with van der Waals surface area (Å²) in [7, 11) is 0. The van der Waals surface area contributed by atoms with Gasteiger partial charge in [-0.05, 0) is 29.8 Å². The van der Waals surface area contributed by atoms with Crippen LogP contribution in [0, 0.1) is 0 Å². The van der Waals surface area contributed by atoms with Crippen LogP contribution in [0.3, 0.4) is 0 Å². The van der Waals surface area contributed by atoms with Gasteiger partial charge in [-0.25, -0.2) is 9.78 Å². The zero-order valence-corrected chi connectivity index (χ0v) is 19.0. The van der Waals surface area contributed by atoms with Gasteiger partial charge >= 0.3 is 5.97 Å². The maximum atomic E-state index is 13.0. The molecule has 0 radical (unpaired) electrons. The number of pyridine rings is 2. The Labute approximate surface area is 183 Å². The molecular weight excluding hydrogens is 504 g/mol. The summed E-state index contributed by atoms with van der Waals surface area (Å²) in [6.45, 7) is 4.28. The van der Waals surface area contributed by atoms with E-state index in [0.29, 0.717) is 34.4 Å². The summed E-state index contributed by atoms with van der Waals surface area (Å²) >= 11 is 7.07. The molecule has 0 saturated carbocycles. The quantitative estimate of drug-likeness (QED) is 0.300. The smallest absolute Gasteiger partial charge is 0.340 e. The first kappa shape index (κ1) is 20.3. The van der Waals surface area contributed by atoms with Gasteiger partial charge in [0.25, 0.3) is 5.56 Å². The Morgan fingerprint density at radius 3 is 2.72 bits per heavy atom. The van der Waals surface area contributed by atoms with Gasteiger partial charge in [0.1, 0.15) is 6.61 Å². The van der Waals surface area contributed by atoms with Gasteiger partial charge in [-0.2, -0.15) is 0 Å². The highest BCUT2D eigenvalue weighted by atomic mass is 79.9. The summed E-state index contributed by atoms with van der Waals surface area (Å²) in [6, 6.07) is 7.57. The van der Waals surface area contributed by atoms with E-state index in [1.54, 1.807) is 10.6 Å². The number of alkyl halides is 1. The molecule has 29 heavy (non-hydrogen) atoms. The van der Waals surface area contributed by atoms with Crippen molar-refractivity contribution >= 4 is 48.7 Å². The summed E-state index contributed by atoms with van der Waals surface area (Å²) in [5.74, 6) is -0.734. The van der Waals surface area contributed by atoms with Gasteiger partial charge in [-0.3, -0.25) is 4.79 Å². The van der Waals surface area contributed by atoms with E-state index in [-0.39, 0.29) is 12.2 Å². The molecular formula is C21H18Br2N2O4. The van der Waals surface area contributed by atoms with Gasteiger partial charge in [0.2, 0.25) is 0 Å². The number of hydrogen-bond donors (Lipinski definition) is 1. The van der Waals surface area contributed by atoms with Crippen LogP contribution in [0.1, 0.15) is 42.2 Å². The van der Waals surface area contributed by atoms with Gasteiger partial charge in [0, 0.05) is 26.3 Å². The normalized spacial score (nSPS) is 16.4. The number of halogens is 2. The second-order valence-electron chi connectivity index (χ2n) is 6.58. The first-order chi connectivity index (χ1) is 14.0. The van der Waals surface area contributed by atoms with Gasteiger partial charge in [0.15, 0.2) is 6.10 Å². The molecule has 0 amide bonds. The molecule has 1 N–H and O–H groups in total. The third-order valence-electron chi connectivity index (χ3n) is 5.17. The van der Waals surface area contributed by atoms with E-state index < -0.39 is 12.1 Å². The highest BCUT2D eigenvalue weighted by molar-refractivity contribution is 9.10. The van der Waals surface area contributed by atoms with Crippen LogP contribution in [0.5, 0.6) is 0 Å². The van der Waals surface area contributed by atoms with Crippen LogP contribution in [0.25, 0.3) is 22.3 Å². The Balaban J connectivity index is 0.000000994. The lowest BCUT2D eigenvalue weighted by Crippen LogP contribution is -2.32. The number of aliphatic hydroxyl groups excluding tert-OH is 1. The molecule has 0 bridgehead atoms. The zero-order valence-electron chi connectivity index (χ0n) is 15.8. The second-order valence-corrected chi connectivity index (χ2v) is 8.05. The molecule has 6 nitrogen and oxygen atoms in total. The number of esters is 1. The van der Waals surface area contributed by atoms with Crippen molar-refractivity contribution in [2.45, 2.75) is 38.4 Å². The number of aromatic nitrogens is 2. The van der Waals surface area contributed by atoms with E-state index in [0.717, 1.165) is 26.5 Å². The van der Waals surface area contributed by atoms with E-state index in [2.05, 4.69) is 31.9 Å². The Hall–Kier alpha value is -2.03. The lowest BCUT2D eigenvalue weighted by atomic mass is 9.99. The number of hydrogen-bond acceptors (Lipinski definition) is 5. The predicted octanol–water partition coefficient (Wildman–Crippen LogP) is 4.20. The minimum absolute atomic E-state index is 0.117. The number of fused-ring (bicyclic) bond motifs is 5. The van der Waals surface area contributed by atoms with E-state index in [1.165, 1.54) is 0 Å². The van der Waals surface area contributed by atoms with E-state index in [9.17, 15) is 14.7 Å². The van der Waals surface area contributed by atoms with Gasteiger partial charge in [0.05, 0.1) is 29.0 Å². The Morgan fingerprint density at radius 2 is 2.00 bits per heavy atom. The van der Waals surface area contributed by atoms with Crippen LogP contribution in [-0.2, 0) is 28.0 Å². The molecule has 1 atom stereocenters. The van der Waals surface area contributed by atoms with Crippen molar-refractivity contribution in [3.05, 3.63) is 61.3 Å². The number of benzene rings is 1. The molecule has 8 heteroatoms. The van der Waals surface area contributed by atoms with Crippen LogP contribution in [0.4, 0.5) is 0 Å². The average Bonchev–Trinajstić information content (AvgIpc) is 3.09. The van der Waals surface area contributed by atoms with Crippen LogP contribution < -0.4 is 5.56 Å². The first-order valence-corrected chi connectivity index (χ1v) is 11.2. The van der Waals surface area contributed by atoms with Gasteiger partial charge < -0.3 is 14.4 Å².